The maximum Gasteiger partial charge on any atom is 0.0640 e. The van der Waals surface area contributed by atoms with Gasteiger partial charge in [-0.15, -0.1) is 0 Å². The molecule has 0 amide bonds. The average Bonchev–Trinajstić information content (AvgIpc) is 2.85. The van der Waals surface area contributed by atoms with Crippen molar-refractivity contribution in [2.75, 3.05) is 13.2 Å². The molecule has 1 aromatic rings. The minimum absolute atomic E-state index is 0.212. The molecule has 1 aliphatic heterocycles. The molecule has 1 saturated heterocycles. The van der Waals surface area contributed by atoms with Gasteiger partial charge in [0.1, 0.15) is 0 Å². The number of ether oxygens (including phenoxy) is 1. The van der Waals surface area contributed by atoms with Gasteiger partial charge < -0.3 is 10.1 Å². The van der Waals surface area contributed by atoms with Crippen molar-refractivity contribution in [2.24, 2.45) is 0 Å². The minimum Gasteiger partial charge on any atom is -0.378 e. The monoisotopic (exact) mass is 287 g/mol. The fourth-order valence-corrected chi connectivity index (χ4v) is 2.89. The lowest BCUT2D eigenvalue weighted by Crippen LogP contribution is -2.25. The molecule has 0 bridgehead atoms. The second-order valence-electron chi connectivity index (χ2n) is 4.62. The summed E-state index contributed by atoms with van der Waals surface area (Å²) in [5.74, 6) is 0. The zero-order chi connectivity index (χ0) is 13.0. The molecule has 1 heterocycles. The molecular weight excluding hydrogens is 269 g/mol. The molecule has 18 heavy (non-hydrogen) atoms. The van der Waals surface area contributed by atoms with Crippen LogP contribution in [-0.4, -0.2) is 19.3 Å². The van der Waals surface area contributed by atoms with E-state index in [4.69, 9.17) is 27.9 Å². The zero-order valence-electron chi connectivity index (χ0n) is 10.6. The Balaban J connectivity index is 2.14. The van der Waals surface area contributed by atoms with Gasteiger partial charge in [-0.1, -0.05) is 42.3 Å². The normalized spacial score (nSPS) is 21.2. The van der Waals surface area contributed by atoms with Gasteiger partial charge >= 0.3 is 0 Å². The van der Waals surface area contributed by atoms with Gasteiger partial charge in [0, 0.05) is 12.6 Å². The van der Waals surface area contributed by atoms with Crippen LogP contribution in [0.1, 0.15) is 37.8 Å². The first kappa shape index (κ1) is 14.1. The zero-order valence-corrected chi connectivity index (χ0v) is 12.1. The van der Waals surface area contributed by atoms with E-state index in [2.05, 4.69) is 12.2 Å². The molecule has 2 nitrogen and oxygen atoms in total. The Labute approximate surface area is 119 Å². The number of halogens is 2. The van der Waals surface area contributed by atoms with Crippen molar-refractivity contribution in [3.8, 4) is 0 Å². The van der Waals surface area contributed by atoms with E-state index in [0.29, 0.717) is 16.1 Å². The van der Waals surface area contributed by atoms with Gasteiger partial charge in [0.05, 0.1) is 16.1 Å². The number of hydrogen-bond acceptors (Lipinski definition) is 2. The molecule has 2 unspecified atom stereocenters. The topological polar surface area (TPSA) is 21.3 Å². The van der Waals surface area contributed by atoms with Crippen molar-refractivity contribution < 1.29 is 4.74 Å². The second-order valence-corrected chi connectivity index (χ2v) is 5.41. The molecular formula is C14H19Cl2NO. The van der Waals surface area contributed by atoms with Crippen LogP contribution in [0, 0.1) is 0 Å². The number of hydrogen-bond donors (Lipinski definition) is 1. The van der Waals surface area contributed by atoms with Crippen molar-refractivity contribution in [1.82, 2.24) is 5.32 Å². The summed E-state index contributed by atoms with van der Waals surface area (Å²) >= 11 is 12.4. The summed E-state index contributed by atoms with van der Waals surface area (Å²) in [6.07, 6.45) is 3.59. The molecule has 1 aliphatic rings. The SMILES string of the molecule is CCNC(CC1CCCO1)c1cccc(Cl)c1Cl. The smallest absolute Gasteiger partial charge is 0.0640 e. The summed E-state index contributed by atoms with van der Waals surface area (Å²) in [5, 5.41) is 4.74. The second kappa shape index (κ2) is 6.76. The van der Waals surface area contributed by atoms with E-state index in [-0.39, 0.29) is 6.04 Å². The van der Waals surface area contributed by atoms with Gasteiger partial charge in [0.15, 0.2) is 0 Å². The van der Waals surface area contributed by atoms with E-state index < -0.39 is 0 Å². The van der Waals surface area contributed by atoms with Crippen LogP contribution in [0.2, 0.25) is 10.0 Å². The van der Waals surface area contributed by atoms with Gasteiger partial charge in [-0.25, -0.2) is 0 Å². The highest BCUT2D eigenvalue weighted by molar-refractivity contribution is 6.42. The summed E-state index contributed by atoms with van der Waals surface area (Å²) in [6, 6.07) is 6.02. The molecule has 0 aliphatic carbocycles. The fourth-order valence-electron chi connectivity index (χ4n) is 2.45. The Bertz CT molecular complexity index is 391. The molecule has 100 valence electrons. The summed E-state index contributed by atoms with van der Waals surface area (Å²) in [6.45, 7) is 3.88. The first-order valence-electron chi connectivity index (χ1n) is 6.51. The van der Waals surface area contributed by atoms with E-state index in [1.165, 1.54) is 0 Å². The minimum atomic E-state index is 0.212. The molecule has 4 heteroatoms. The summed E-state index contributed by atoms with van der Waals surface area (Å²) in [5.41, 5.74) is 1.07. The van der Waals surface area contributed by atoms with Crippen LogP contribution in [0.3, 0.4) is 0 Å². The maximum absolute atomic E-state index is 6.30. The maximum atomic E-state index is 6.30. The Kier molecular flexibility index (Phi) is 5.31. The van der Waals surface area contributed by atoms with Gasteiger partial charge in [-0.05, 0) is 37.4 Å². The molecule has 0 spiro atoms. The Morgan fingerprint density at radius 1 is 1.44 bits per heavy atom. The highest BCUT2D eigenvalue weighted by Gasteiger charge is 2.23. The Morgan fingerprint density at radius 3 is 2.94 bits per heavy atom. The van der Waals surface area contributed by atoms with Crippen molar-refractivity contribution in [3.63, 3.8) is 0 Å². The quantitative estimate of drug-likeness (QED) is 0.876. The van der Waals surface area contributed by atoms with Crippen LogP contribution in [0.15, 0.2) is 18.2 Å². The van der Waals surface area contributed by atoms with Crippen LogP contribution in [0.4, 0.5) is 0 Å². The predicted molar refractivity (Wildman–Crippen MR) is 76.5 cm³/mol. The van der Waals surface area contributed by atoms with Crippen molar-refractivity contribution in [1.29, 1.82) is 0 Å². The highest BCUT2D eigenvalue weighted by Crippen LogP contribution is 2.33. The third-order valence-electron chi connectivity index (χ3n) is 3.33. The molecule has 1 aromatic carbocycles. The first-order valence-corrected chi connectivity index (χ1v) is 7.27. The molecule has 1 N–H and O–H groups in total. The summed E-state index contributed by atoms with van der Waals surface area (Å²) < 4.78 is 5.71. The van der Waals surface area contributed by atoms with E-state index in [0.717, 1.165) is 38.0 Å². The molecule has 2 atom stereocenters. The first-order chi connectivity index (χ1) is 8.72. The lowest BCUT2D eigenvalue weighted by molar-refractivity contribution is 0.0948. The van der Waals surface area contributed by atoms with E-state index in [1.54, 1.807) is 0 Å². The molecule has 2 rings (SSSR count). The lowest BCUT2D eigenvalue weighted by atomic mass is 9.99. The van der Waals surface area contributed by atoms with Gasteiger partial charge in [0.25, 0.3) is 0 Å². The summed E-state index contributed by atoms with van der Waals surface area (Å²) in [4.78, 5) is 0. The van der Waals surface area contributed by atoms with Crippen molar-refractivity contribution in [2.45, 2.75) is 38.3 Å². The largest absolute Gasteiger partial charge is 0.378 e. The molecule has 0 radical (unpaired) electrons. The predicted octanol–water partition coefficient (Wildman–Crippen LogP) is 4.21. The van der Waals surface area contributed by atoms with Gasteiger partial charge in [-0.3, -0.25) is 0 Å². The lowest BCUT2D eigenvalue weighted by Gasteiger charge is -2.23. The Hall–Kier alpha value is -0.280. The van der Waals surface area contributed by atoms with Crippen LogP contribution < -0.4 is 5.32 Å². The third-order valence-corrected chi connectivity index (χ3v) is 4.16. The van der Waals surface area contributed by atoms with Crippen molar-refractivity contribution >= 4 is 23.2 Å². The van der Waals surface area contributed by atoms with E-state index in [9.17, 15) is 0 Å². The number of benzene rings is 1. The number of nitrogens with one attached hydrogen (secondary N) is 1. The molecule has 0 saturated carbocycles. The van der Waals surface area contributed by atoms with Gasteiger partial charge in [-0.2, -0.15) is 0 Å². The highest BCUT2D eigenvalue weighted by atomic mass is 35.5. The van der Waals surface area contributed by atoms with E-state index >= 15 is 0 Å². The summed E-state index contributed by atoms with van der Waals surface area (Å²) in [7, 11) is 0. The van der Waals surface area contributed by atoms with Crippen molar-refractivity contribution in [3.05, 3.63) is 33.8 Å². The van der Waals surface area contributed by atoms with Crippen LogP contribution in [0.5, 0.6) is 0 Å². The standard InChI is InChI=1S/C14H19Cl2NO/c1-2-17-13(9-10-5-4-8-18-10)11-6-3-7-12(15)14(11)16/h3,6-7,10,13,17H,2,4-5,8-9H2,1H3. The van der Waals surface area contributed by atoms with E-state index in [1.807, 2.05) is 18.2 Å². The van der Waals surface area contributed by atoms with Crippen LogP contribution in [-0.2, 0) is 4.74 Å². The van der Waals surface area contributed by atoms with Crippen LogP contribution >= 0.6 is 23.2 Å². The average molecular weight is 288 g/mol. The fraction of sp³-hybridized carbons (Fsp3) is 0.571. The van der Waals surface area contributed by atoms with Crippen LogP contribution in [0.25, 0.3) is 0 Å². The van der Waals surface area contributed by atoms with Gasteiger partial charge in [0.2, 0.25) is 0 Å². The molecule has 0 aromatic heterocycles. The Morgan fingerprint density at radius 2 is 2.28 bits per heavy atom. The molecule has 1 fully saturated rings. The number of rotatable bonds is 5. The third kappa shape index (κ3) is 3.39.